The van der Waals surface area contributed by atoms with Gasteiger partial charge in [0.1, 0.15) is 0 Å². The fourth-order valence-corrected chi connectivity index (χ4v) is 4.06. The predicted molar refractivity (Wildman–Crippen MR) is 137 cm³/mol. The predicted octanol–water partition coefficient (Wildman–Crippen LogP) is 2.99. The summed E-state index contributed by atoms with van der Waals surface area (Å²) in [5, 5.41) is 5.02. The van der Waals surface area contributed by atoms with Gasteiger partial charge in [-0.15, -0.1) is 0 Å². The summed E-state index contributed by atoms with van der Waals surface area (Å²) in [5.74, 6) is 12.0. The van der Waals surface area contributed by atoms with Crippen LogP contribution < -0.4 is 11.7 Å². The molecule has 180 valence electrons. The normalized spacial score (nSPS) is 18.8. The molecular formula is C27H30N6O2. The Balaban J connectivity index is 0.000000356. The summed E-state index contributed by atoms with van der Waals surface area (Å²) in [4.78, 5) is 19.6. The second-order valence-corrected chi connectivity index (χ2v) is 8.49. The summed E-state index contributed by atoms with van der Waals surface area (Å²) in [6, 6.07) is 27.1. The van der Waals surface area contributed by atoms with Crippen LogP contribution in [-0.2, 0) is 16.1 Å². The van der Waals surface area contributed by atoms with Gasteiger partial charge in [0.15, 0.2) is 18.0 Å². The summed E-state index contributed by atoms with van der Waals surface area (Å²) < 4.78 is 6.17. The van der Waals surface area contributed by atoms with Crippen molar-refractivity contribution in [2.24, 2.45) is 21.8 Å². The zero-order valence-electron chi connectivity index (χ0n) is 19.9. The van der Waals surface area contributed by atoms with E-state index in [1.54, 1.807) is 11.9 Å². The second kappa shape index (κ2) is 10.8. The average Bonchev–Trinajstić information content (AvgIpc) is 3.29. The minimum Gasteiger partial charge on any atom is -0.466 e. The van der Waals surface area contributed by atoms with Crippen molar-refractivity contribution in [1.82, 2.24) is 9.91 Å². The summed E-state index contributed by atoms with van der Waals surface area (Å²) in [6.07, 6.45) is -0.460. The lowest BCUT2D eigenvalue weighted by atomic mass is 9.99. The molecule has 2 atom stereocenters. The van der Waals surface area contributed by atoms with Gasteiger partial charge in [-0.2, -0.15) is 5.10 Å². The third-order valence-electron chi connectivity index (χ3n) is 5.92. The molecule has 0 aromatic heterocycles. The number of ether oxygens (including phenoxy) is 1. The smallest absolute Gasteiger partial charge is 0.252 e. The number of fused-ring (bicyclic) bond motifs is 3. The maximum absolute atomic E-state index is 13.3. The Morgan fingerprint density at radius 2 is 1.69 bits per heavy atom. The zero-order valence-corrected chi connectivity index (χ0v) is 19.9. The van der Waals surface area contributed by atoms with Gasteiger partial charge in [-0.05, 0) is 24.6 Å². The number of amidine groups is 1. The number of hydrazine groups is 1. The Labute approximate surface area is 205 Å². The Morgan fingerprint density at radius 3 is 2.29 bits per heavy atom. The summed E-state index contributed by atoms with van der Waals surface area (Å²) in [5.41, 5.74) is 4.13. The number of aliphatic imine (C=N–C) groups is 1. The molecule has 4 N–H and O–H groups in total. The third-order valence-corrected chi connectivity index (χ3v) is 5.92. The molecule has 2 aliphatic heterocycles. The molecule has 2 heterocycles. The lowest BCUT2D eigenvalue weighted by Gasteiger charge is -2.25. The molecular weight excluding hydrogens is 440 g/mol. The van der Waals surface area contributed by atoms with Crippen LogP contribution in [0.3, 0.4) is 0 Å². The number of carbonyl (C=O) groups is 1. The molecule has 0 spiro atoms. The molecule has 0 bridgehead atoms. The molecule has 3 aromatic rings. The molecule has 35 heavy (non-hydrogen) atoms. The Bertz CT molecular complexity index is 1210. The highest BCUT2D eigenvalue weighted by Crippen LogP contribution is 2.37. The van der Waals surface area contributed by atoms with E-state index in [4.69, 9.17) is 16.4 Å². The minimum absolute atomic E-state index is 0.143. The Hall–Kier alpha value is -4.17. The monoisotopic (exact) mass is 470 g/mol. The van der Waals surface area contributed by atoms with Gasteiger partial charge >= 0.3 is 0 Å². The van der Waals surface area contributed by atoms with Crippen molar-refractivity contribution in [2.45, 2.75) is 25.6 Å². The largest absolute Gasteiger partial charge is 0.466 e. The first kappa shape index (κ1) is 24.0. The van der Waals surface area contributed by atoms with Crippen molar-refractivity contribution in [3.63, 3.8) is 0 Å². The fraction of sp³-hybridized carbons (Fsp3) is 0.222. The van der Waals surface area contributed by atoms with Crippen molar-refractivity contribution in [3.05, 3.63) is 107 Å². The molecule has 0 fully saturated rings. The number of rotatable bonds is 3. The van der Waals surface area contributed by atoms with E-state index in [1.807, 2.05) is 72.8 Å². The van der Waals surface area contributed by atoms with Crippen LogP contribution in [0.15, 0.2) is 95.0 Å². The number of aryl methyl sites for hydroxylation is 1. The summed E-state index contributed by atoms with van der Waals surface area (Å²) in [6.45, 7) is 2.69. The van der Waals surface area contributed by atoms with Gasteiger partial charge in [-0.3, -0.25) is 9.80 Å². The average molecular weight is 471 g/mol. The first-order valence-corrected chi connectivity index (χ1v) is 11.4. The maximum atomic E-state index is 13.3. The van der Waals surface area contributed by atoms with Crippen LogP contribution in [0.2, 0.25) is 0 Å². The highest BCUT2D eigenvalue weighted by molar-refractivity contribution is 6.00. The summed E-state index contributed by atoms with van der Waals surface area (Å²) in [7, 11) is 1.63. The van der Waals surface area contributed by atoms with Gasteiger partial charge in [-0.1, -0.05) is 78.4 Å². The maximum Gasteiger partial charge on any atom is 0.252 e. The van der Waals surface area contributed by atoms with E-state index in [9.17, 15) is 4.79 Å². The molecule has 2 unspecified atom stereocenters. The summed E-state index contributed by atoms with van der Waals surface area (Å²) >= 11 is 0. The first-order chi connectivity index (χ1) is 17.0. The Kier molecular flexibility index (Phi) is 7.42. The highest BCUT2D eigenvalue weighted by Gasteiger charge is 2.43. The molecule has 8 nitrogen and oxygen atoms in total. The number of nitrogens with zero attached hydrogens (tertiary/aromatic N) is 4. The fourth-order valence-electron chi connectivity index (χ4n) is 4.06. The van der Waals surface area contributed by atoms with Crippen molar-refractivity contribution in [3.8, 4) is 0 Å². The van der Waals surface area contributed by atoms with E-state index in [-0.39, 0.29) is 12.5 Å². The first-order valence-electron chi connectivity index (χ1n) is 11.4. The van der Waals surface area contributed by atoms with E-state index in [2.05, 4.69) is 29.2 Å². The molecule has 0 radical (unpaired) electrons. The molecule has 1 amide bonds. The SMILES string of the molecule is CN(N)/C(CN1Cc2ccccc2C2OC(c3ccccc3)=NC2C1=O)=N\N.Cc1ccccc1. The van der Waals surface area contributed by atoms with Gasteiger partial charge in [-0.25, -0.2) is 10.8 Å². The zero-order chi connectivity index (χ0) is 24.8. The quantitative estimate of drug-likeness (QED) is 0.265. The molecule has 0 saturated heterocycles. The topological polar surface area (TPSA) is 110 Å². The Morgan fingerprint density at radius 1 is 1.06 bits per heavy atom. The van der Waals surface area contributed by atoms with E-state index < -0.39 is 12.1 Å². The number of nitrogens with two attached hydrogens (primary N) is 2. The number of hydrogen-bond acceptors (Lipinski definition) is 6. The van der Waals surface area contributed by atoms with Crippen molar-refractivity contribution in [2.75, 3.05) is 13.6 Å². The molecule has 8 heteroatoms. The molecule has 2 aliphatic rings. The van der Waals surface area contributed by atoms with Crippen LogP contribution in [0.5, 0.6) is 0 Å². The molecule has 3 aromatic carbocycles. The van der Waals surface area contributed by atoms with E-state index in [0.29, 0.717) is 18.3 Å². The van der Waals surface area contributed by atoms with Gasteiger partial charge in [0.05, 0.1) is 6.54 Å². The van der Waals surface area contributed by atoms with Crippen LogP contribution in [0.25, 0.3) is 0 Å². The highest BCUT2D eigenvalue weighted by atomic mass is 16.5. The molecule has 0 saturated carbocycles. The van der Waals surface area contributed by atoms with Gasteiger partial charge in [0.2, 0.25) is 5.90 Å². The van der Waals surface area contributed by atoms with Crippen molar-refractivity contribution >= 4 is 17.6 Å². The van der Waals surface area contributed by atoms with Gasteiger partial charge in [0.25, 0.3) is 5.91 Å². The van der Waals surface area contributed by atoms with Gasteiger partial charge in [0, 0.05) is 24.7 Å². The van der Waals surface area contributed by atoms with Crippen LogP contribution in [0, 0.1) is 6.92 Å². The van der Waals surface area contributed by atoms with Crippen LogP contribution in [0.4, 0.5) is 0 Å². The third kappa shape index (κ3) is 5.50. The number of amides is 1. The number of likely N-dealkylation sites (N-methyl/N-ethyl adjacent to an activating group) is 1. The van der Waals surface area contributed by atoms with Crippen molar-refractivity contribution in [1.29, 1.82) is 0 Å². The van der Waals surface area contributed by atoms with Crippen LogP contribution in [0.1, 0.15) is 28.4 Å². The van der Waals surface area contributed by atoms with E-state index in [0.717, 1.165) is 16.7 Å². The standard InChI is InChI=1S/C20H22N6O2.C7H8/c1-25(22)16(24-21)12-26-11-14-9-5-6-10-15(14)18-17(20(26)27)23-19(28-18)13-7-3-2-4-8-13;1-7-5-3-2-4-6-7/h2-10,17-18H,11-12,21-22H2,1H3;2-6H,1H3/b24-16-;. The second-order valence-electron chi connectivity index (χ2n) is 8.49. The van der Waals surface area contributed by atoms with Crippen molar-refractivity contribution < 1.29 is 9.53 Å². The number of hydrogen-bond donors (Lipinski definition) is 2. The number of hydrazone groups is 1. The van der Waals surface area contributed by atoms with Crippen LogP contribution >= 0.6 is 0 Å². The number of benzene rings is 3. The van der Waals surface area contributed by atoms with Gasteiger partial charge < -0.3 is 15.5 Å². The minimum atomic E-state index is -0.666. The molecule has 5 rings (SSSR count). The van der Waals surface area contributed by atoms with E-state index in [1.165, 1.54) is 10.6 Å². The lowest BCUT2D eigenvalue weighted by Crippen LogP contribution is -2.46. The van der Waals surface area contributed by atoms with Crippen LogP contribution in [-0.4, -0.2) is 47.2 Å². The lowest BCUT2D eigenvalue weighted by molar-refractivity contribution is -0.133. The number of carbonyl (C=O) groups excluding carboxylic acids is 1. The van der Waals surface area contributed by atoms with E-state index >= 15 is 0 Å². The molecule has 0 aliphatic carbocycles.